The fourth-order valence-electron chi connectivity index (χ4n) is 3.38. The number of carbonyl (C=O) groups excluding carboxylic acids is 2. The summed E-state index contributed by atoms with van der Waals surface area (Å²) in [5, 5.41) is 8.14. The lowest BCUT2D eigenvalue weighted by Crippen LogP contribution is -2.36. The van der Waals surface area contributed by atoms with Crippen LogP contribution in [0.15, 0.2) is 23.3 Å². The minimum atomic E-state index is -3.50. The number of carbonyl (C=O) groups is 2. The molecule has 0 spiro atoms. The molecule has 1 aliphatic rings. The molecule has 1 heterocycles. The molecular weight excluding hydrogens is 397 g/mol. The molecule has 1 aliphatic heterocycles. The van der Waals surface area contributed by atoms with Crippen molar-refractivity contribution in [2.24, 2.45) is 16.9 Å². The number of benzene rings is 1. The maximum Gasteiger partial charge on any atom is 0.275 e. The molecular formula is C18H22ClF3N4O2. The Kier molecular flexibility index (Phi) is 6.59. The van der Waals surface area contributed by atoms with Gasteiger partial charge in [-0.05, 0) is 19.1 Å². The third-order valence-corrected chi connectivity index (χ3v) is 4.50. The molecule has 6 nitrogen and oxygen atoms in total. The fourth-order valence-corrected chi connectivity index (χ4v) is 3.51. The second-order valence-electron chi connectivity index (χ2n) is 6.93. The lowest BCUT2D eigenvalue weighted by molar-refractivity contribution is -0.135. The molecule has 2 rings (SSSR count). The number of halogens is 4. The molecule has 1 aromatic carbocycles. The second kappa shape index (κ2) is 8.38. The van der Waals surface area contributed by atoms with Crippen molar-refractivity contribution in [2.45, 2.75) is 19.8 Å². The van der Waals surface area contributed by atoms with Gasteiger partial charge >= 0.3 is 0 Å². The maximum atomic E-state index is 13.9. The summed E-state index contributed by atoms with van der Waals surface area (Å²) >= 11 is 5.74. The number of nitrogens with zero attached hydrogens (tertiary/aromatic N) is 3. The number of likely N-dealkylation sites (tertiary alicyclic amines) is 1. The lowest BCUT2D eigenvalue weighted by Gasteiger charge is -2.22. The number of amides is 2. The summed E-state index contributed by atoms with van der Waals surface area (Å²) in [4.78, 5) is 26.6. The normalized spacial score (nSPS) is 20.5. The topological polar surface area (TPSA) is 65.0 Å². The molecule has 10 heteroatoms. The van der Waals surface area contributed by atoms with E-state index in [2.05, 4.69) is 10.4 Å². The van der Waals surface area contributed by atoms with Crippen LogP contribution in [-0.4, -0.2) is 54.1 Å². The summed E-state index contributed by atoms with van der Waals surface area (Å²) < 4.78 is 41.6. The third kappa shape index (κ3) is 4.95. The summed E-state index contributed by atoms with van der Waals surface area (Å²) in [6, 6.07) is 3.28. The maximum absolute atomic E-state index is 13.9. The molecule has 2 amide bonds. The summed E-state index contributed by atoms with van der Waals surface area (Å²) in [5.41, 5.74) is -1.28. The molecule has 0 unspecified atom stereocenters. The zero-order chi connectivity index (χ0) is 21.2. The van der Waals surface area contributed by atoms with Crippen LogP contribution in [0.3, 0.4) is 0 Å². The largest absolute Gasteiger partial charge is 0.345 e. The van der Waals surface area contributed by atoms with Gasteiger partial charge in [-0.1, -0.05) is 17.7 Å². The summed E-state index contributed by atoms with van der Waals surface area (Å²) in [6.45, 7) is 2.67. The quantitative estimate of drug-likeness (QED) is 0.438. The Balaban J connectivity index is 2.28. The van der Waals surface area contributed by atoms with E-state index in [1.807, 2.05) is 0 Å². The molecule has 1 saturated heterocycles. The SMILES string of the molecule is C/C(Cl)=N\N(C)C[C@H]1CN(C)C(=O)[C@@H]1C(=O)Nc1cccc(F)c1C(C)(F)F. The number of hydrogen-bond acceptors (Lipinski definition) is 4. The first-order valence-electron chi connectivity index (χ1n) is 8.56. The molecule has 1 fully saturated rings. The van der Waals surface area contributed by atoms with Crippen LogP contribution in [0.5, 0.6) is 0 Å². The minimum Gasteiger partial charge on any atom is -0.345 e. The highest BCUT2D eigenvalue weighted by atomic mass is 35.5. The van der Waals surface area contributed by atoms with Gasteiger partial charge < -0.3 is 10.2 Å². The number of nitrogens with one attached hydrogen (secondary N) is 1. The lowest BCUT2D eigenvalue weighted by atomic mass is 9.94. The number of alkyl halides is 2. The highest BCUT2D eigenvalue weighted by Crippen LogP contribution is 2.36. The molecule has 0 aromatic heterocycles. The Hall–Kier alpha value is -2.29. The van der Waals surface area contributed by atoms with Crippen molar-refractivity contribution in [1.82, 2.24) is 9.91 Å². The van der Waals surface area contributed by atoms with E-state index in [1.165, 1.54) is 22.0 Å². The van der Waals surface area contributed by atoms with Gasteiger partial charge in [0.15, 0.2) is 0 Å². The molecule has 1 aromatic rings. The average Bonchev–Trinajstić information content (AvgIpc) is 2.79. The van der Waals surface area contributed by atoms with Gasteiger partial charge in [-0.3, -0.25) is 14.6 Å². The highest BCUT2D eigenvalue weighted by molar-refractivity contribution is 6.64. The van der Waals surface area contributed by atoms with Crippen molar-refractivity contribution in [3.8, 4) is 0 Å². The molecule has 1 N–H and O–H groups in total. The number of hydrazone groups is 1. The molecule has 28 heavy (non-hydrogen) atoms. The van der Waals surface area contributed by atoms with Gasteiger partial charge in [0.05, 0.1) is 11.3 Å². The van der Waals surface area contributed by atoms with Crippen LogP contribution < -0.4 is 5.32 Å². The summed E-state index contributed by atoms with van der Waals surface area (Å²) in [5.74, 6) is -7.40. The van der Waals surface area contributed by atoms with E-state index in [-0.39, 0.29) is 23.9 Å². The summed E-state index contributed by atoms with van der Waals surface area (Å²) in [7, 11) is 3.19. The molecule has 0 aliphatic carbocycles. The first-order chi connectivity index (χ1) is 12.9. The van der Waals surface area contributed by atoms with Crippen molar-refractivity contribution in [3.05, 3.63) is 29.6 Å². The molecule has 0 saturated carbocycles. The van der Waals surface area contributed by atoms with Gasteiger partial charge in [0.1, 0.15) is 16.9 Å². The third-order valence-electron chi connectivity index (χ3n) is 4.42. The van der Waals surface area contributed by atoms with E-state index >= 15 is 0 Å². The van der Waals surface area contributed by atoms with Gasteiger partial charge in [0.2, 0.25) is 11.8 Å². The van der Waals surface area contributed by atoms with Crippen molar-refractivity contribution < 1.29 is 22.8 Å². The minimum absolute atomic E-state index is 0.248. The molecule has 0 bridgehead atoms. The molecule has 2 atom stereocenters. The van der Waals surface area contributed by atoms with Crippen LogP contribution in [0.4, 0.5) is 18.9 Å². The smallest absolute Gasteiger partial charge is 0.275 e. The van der Waals surface area contributed by atoms with Gasteiger partial charge in [-0.15, -0.1) is 0 Å². The van der Waals surface area contributed by atoms with Gasteiger partial charge in [0, 0.05) is 40.0 Å². The number of hydrogen-bond donors (Lipinski definition) is 1. The predicted octanol–water partition coefficient (Wildman–Crippen LogP) is 3.08. The van der Waals surface area contributed by atoms with Crippen LogP contribution >= 0.6 is 11.6 Å². The second-order valence-corrected chi connectivity index (χ2v) is 7.48. The van der Waals surface area contributed by atoms with Crippen LogP contribution in [0.2, 0.25) is 0 Å². The highest BCUT2D eigenvalue weighted by Gasteiger charge is 2.44. The van der Waals surface area contributed by atoms with E-state index in [0.29, 0.717) is 6.92 Å². The Labute approximate surface area is 166 Å². The predicted molar refractivity (Wildman–Crippen MR) is 101 cm³/mol. The van der Waals surface area contributed by atoms with Crippen LogP contribution in [0, 0.1) is 17.7 Å². The average molecular weight is 419 g/mol. The van der Waals surface area contributed by atoms with Crippen LogP contribution in [0.1, 0.15) is 19.4 Å². The van der Waals surface area contributed by atoms with E-state index in [1.54, 1.807) is 21.0 Å². The van der Waals surface area contributed by atoms with Crippen LogP contribution in [-0.2, 0) is 15.5 Å². The Morgan fingerprint density at radius 3 is 2.68 bits per heavy atom. The zero-order valence-electron chi connectivity index (χ0n) is 16.0. The van der Waals surface area contributed by atoms with E-state index < -0.39 is 41.0 Å². The van der Waals surface area contributed by atoms with Crippen molar-refractivity contribution in [1.29, 1.82) is 0 Å². The summed E-state index contributed by atoms with van der Waals surface area (Å²) in [6.07, 6.45) is 0. The van der Waals surface area contributed by atoms with E-state index in [9.17, 15) is 22.8 Å². The van der Waals surface area contributed by atoms with Crippen molar-refractivity contribution in [2.75, 3.05) is 32.5 Å². The Morgan fingerprint density at radius 2 is 2.11 bits per heavy atom. The number of rotatable bonds is 6. The Morgan fingerprint density at radius 1 is 1.46 bits per heavy atom. The van der Waals surface area contributed by atoms with Gasteiger partial charge in [-0.2, -0.15) is 5.10 Å². The van der Waals surface area contributed by atoms with Crippen LogP contribution in [0.25, 0.3) is 0 Å². The number of anilines is 1. The monoisotopic (exact) mass is 418 g/mol. The van der Waals surface area contributed by atoms with Crippen molar-refractivity contribution >= 4 is 34.3 Å². The van der Waals surface area contributed by atoms with Gasteiger partial charge in [0.25, 0.3) is 5.92 Å². The molecule has 0 radical (unpaired) electrons. The first-order valence-corrected chi connectivity index (χ1v) is 8.94. The molecule has 154 valence electrons. The van der Waals surface area contributed by atoms with Gasteiger partial charge in [-0.25, -0.2) is 13.2 Å². The Bertz CT molecular complexity index is 794. The standard InChI is InChI=1S/C18H22ClF3N4O2/c1-10(19)24-26(4)9-11-8-25(3)17(28)14(11)16(27)23-13-7-5-6-12(20)15(13)18(2,21)22/h5-7,11,14H,8-9H2,1-4H3,(H,23,27)/b24-10+/t11-,14+/m1/s1. The van der Waals surface area contributed by atoms with E-state index in [0.717, 1.165) is 6.07 Å². The van der Waals surface area contributed by atoms with Crippen molar-refractivity contribution in [3.63, 3.8) is 0 Å². The fraction of sp³-hybridized carbons (Fsp3) is 0.500. The van der Waals surface area contributed by atoms with E-state index in [4.69, 9.17) is 11.6 Å². The zero-order valence-corrected chi connectivity index (χ0v) is 16.7. The first kappa shape index (κ1) is 22.0.